The van der Waals surface area contributed by atoms with Crippen LogP contribution in [0.2, 0.25) is 19.6 Å². The van der Waals surface area contributed by atoms with E-state index in [4.69, 9.17) is 0 Å². The Labute approximate surface area is 179 Å². The van der Waals surface area contributed by atoms with Crippen LogP contribution in [0.15, 0.2) is 91.0 Å². The molecular weight excluding hydrogens is 376 g/mol. The van der Waals surface area contributed by atoms with Crippen molar-refractivity contribution in [3.8, 4) is 22.6 Å². The molecule has 0 saturated heterocycles. The molecule has 0 aliphatic rings. The van der Waals surface area contributed by atoms with E-state index < -0.39 is 8.07 Å². The predicted octanol–water partition coefficient (Wildman–Crippen LogP) is 8.04. The van der Waals surface area contributed by atoms with E-state index in [-0.39, 0.29) is 0 Å². The van der Waals surface area contributed by atoms with Crippen molar-refractivity contribution in [1.82, 2.24) is 0 Å². The molecule has 0 spiro atoms. The number of fused-ring (bicyclic) bond motifs is 3. The van der Waals surface area contributed by atoms with Gasteiger partial charge in [0.25, 0.3) is 0 Å². The van der Waals surface area contributed by atoms with Crippen molar-refractivity contribution in [1.29, 1.82) is 0 Å². The van der Waals surface area contributed by atoms with Crippen LogP contribution in [0.1, 0.15) is 5.56 Å². The summed E-state index contributed by atoms with van der Waals surface area (Å²) < 4.78 is 0. The lowest BCUT2D eigenvalue weighted by molar-refractivity contribution is 1.67. The molecule has 0 bridgehead atoms. The van der Waals surface area contributed by atoms with Crippen LogP contribution in [0.25, 0.3) is 43.4 Å². The van der Waals surface area contributed by atoms with Gasteiger partial charge >= 0.3 is 0 Å². The zero-order chi connectivity index (χ0) is 20.7. The highest BCUT2D eigenvalue weighted by Crippen LogP contribution is 2.40. The molecule has 5 aromatic rings. The molecule has 5 rings (SSSR count). The lowest BCUT2D eigenvalue weighted by Gasteiger charge is -2.16. The van der Waals surface area contributed by atoms with Crippen LogP contribution in [0.5, 0.6) is 0 Å². The van der Waals surface area contributed by atoms with Crippen molar-refractivity contribution in [3.05, 3.63) is 96.6 Å². The van der Waals surface area contributed by atoms with Gasteiger partial charge in [0.2, 0.25) is 0 Å². The number of benzene rings is 5. The maximum Gasteiger partial charge on any atom is 0.129 e. The lowest BCUT2D eigenvalue weighted by atomic mass is 9.87. The van der Waals surface area contributed by atoms with Gasteiger partial charge < -0.3 is 0 Å². The summed E-state index contributed by atoms with van der Waals surface area (Å²) in [5.74, 6) is 3.63. The molecule has 0 saturated carbocycles. The van der Waals surface area contributed by atoms with Crippen LogP contribution >= 0.6 is 0 Å². The van der Waals surface area contributed by atoms with Gasteiger partial charge in [0, 0.05) is 5.56 Å². The van der Waals surface area contributed by atoms with Crippen molar-refractivity contribution < 1.29 is 0 Å². The Morgan fingerprint density at radius 2 is 1.13 bits per heavy atom. The number of hydrogen-bond acceptors (Lipinski definition) is 0. The van der Waals surface area contributed by atoms with Gasteiger partial charge in [0.1, 0.15) is 8.07 Å². The summed E-state index contributed by atoms with van der Waals surface area (Å²) in [6.07, 6.45) is 0. The Morgan fingerprint density at radius 3 is 1.80 bits per heavy atom. The second kappa shape index (κ2) is 7.17. The third-order valence-corrected chi connectivity index (χ3v) is 6.39. The van der Waals surface area contributed by atoms with Crippen LogP contribution in [0.4, 0.5) is 0 Å². The fourth-order valence-electron chi connectivity index (χ4n) is 4.16. The molecule has 0 nitrogen and oxygen atoms in total. The Bertz CT molecular complexity index is 1460. The second-order valence-corrected chi connectivity index (χ2v) is 13.7. The van der Waals surface area contributed by atoms with E-state index in [2.05, 4.69) is 122 Å². The Balaban J connectivity index is 2.03. The summed E-state index contributed by atoms with van der Waals surface area (Å²) >= 11 is 0. The van der Waals surface area contributed by atoms with Crippen molar-refractivity contribution in [3.63, 3.8) is 0 Å². The van der Waals surface area contributed by atoms with Crippen molar-refractivity contribution >= 4 is 40.4 Å². The minimum absolute atomic E-state index is 1.16. The van der Waals surface area contributed by atoms with E-state index in [0.717, 1.165) is 5.56 Å². The van der Waals surface area contributed by atoms with E-state index in [1.165, 1.54) is 43.4 Å². The van der Waals surface area contributed by atoms with Gasteiger partial charge in [0.05, 0.1) is 0 Å². The van der Waals surface area contributed by atoms with Crippen LogP contribution in [-0.4, -0.2) is 8.07 Å². The summed E-state index contributed by atoms with van der Waals surface area (Å²) in [7, 11) is -1.51. The van der Waals surface area contributed by atoms with Gasteiger partial charge in [0.15, 0.2) is 0 Å². The second-order valence-electron chi connectivity index (χ2n) is 8.91. The van der Waals surface area contributed by atoms with Crippen LogP contribution in [0, 0.1) is 11.5 Å². The minimum atomic E-state index is -1.51. The third kappa shape index (κ3) is 3.30. The first kappa shape index (κ1) is 18.7. The highest BCUT2D eigenvalue weighted by molar-refractivity contribution is 6.83. The minimum Gasteiger partial charge on any atom is -0.127 e. The van der Waals surface area contributed by atoms with Gasteiger partial charge in [-0.25, -0.2) is 0 Å². The molecule has 0 aromatic heterocycles. The lowest BCUT2D eigenvalue weighted by Crippen LogP contribution is -2.16. The Hall–Kier alpha value is -3.34. The standard InChI is InChI=1S/C29H24Si/c1-30(2,3)18-17-25-24-15-9-10-16-26(24)29(21-11-5-4-6-12-21)28-20-23-14-8-7-13-22(23)19-27(25)28/h4-16,19-20H,1-3H3. The highest BCUT2D eigenvalue weighted by atomic mass is 28.3. The molecule has 0 fully saturated rings. The summed E-state index contributed by atoms with van der Waals surface area (Å²) in [6, 6.07) is 32.8. The first-order valence-corrected chi connectivity index (χ1v) is 14.0. The van der Waals surface area contributed by atoms with Crippen LogP contribution in [-0.2, 0) is 0 Å². The zero-order valence-corrected chi connectivity index (χ0v) is 18.7. The molecule has 0 aliphatic carbocycles. The molecule has 5 aromatic carbocycles. The molecule has 30 heavy (non-hydrogen) atoms. The van der Waals surface area contributed by atoms with Crippen LogP contribution in [0.3, 0.4) is 0 Å². The van der Waals surface area contributed by atoms with Gasteiger partial charge in [-0.3, -0.25) is 0 Å². The molecular formula is C29H24Si. The van der Waals surface area contributed by atoms with Crippen molar-refractivity contribution in [2.75, 3.05) is 0 Å². The van der Waals surface area contributed by atoms with Crippen molar-refractivity contribution in [2.24, 2.45) is 0 Å². The fourth-order valence-corrected chi connectivity index (χ4v) is 4.66. The van der Waals surface area contributed by atoms with Gasteiger partial charge in [-0.15, -0.1) is 5.54 Å². The first-order valence-electron chi connectivity index (χ1n) is 10.5. The summed E-state index contributed by atoms with van der Waals surface area (Å²) in [6.45, 7) is 6.91. The molecule has 0 amide bonds. The van der Waals surface area contributed by atoms with E-state index in [0.29, 0.717) is 0 Å². The molecule has 1 heteroatoms. The third-order valence-electron chi connectivity index (χ3n) is 5.52. The van der Waals surface area contributed by atoms with E-state index in [1.54, 1.807) is 0 Å². The molecule has 0 heterocycles. The number of rotatable bonds is 1. The summed E-state index contributed by atoms with van der Waals surface area (Å²) in [5, 5.41) is 7.56. The van der Waals surface area contributed by atoms with E-state index >= 15 is 0 Å². The Morgan fingerprint density at radius 1 is 0.567 bits per heavy atom. The summed E-state index contributed by atoms with van der Waals surface area (Å²) in [4.78, 5) is 0. The molecule has 0 unspecified atom stereocenters. The Kier molecular flexibility index (Phi) is 4.46. The predicted molar refractivity (Wildman–Crippen MR) is 135 cm³/mol. The average molecular weight is 401 g/mol. The topological polar surface area (TPSA) is 0 Å². The molecule has 0 atom stereocenters. The average Bonchev–Trinajstić information content (AvgIpc) is 2.75. The first-order chi connectivity index (χ1) is 14.5. The van der Waals surface area contributed by atoms with E-state index in [1.807, 2.05) is 0 Å². The smallest absolute Gasteiger partial charge is 0.127 e. The number of hydrogen-bond donors (Lipinski definition) is 0. The molecule has 144 valence electrons. The van der Waals surface area contributed by atoms with Gasteiger partial charge in [-0.05, 0) is 55.6 Å². The monoisotopic (exact) mass is 400 g/mol. The van der Waals surface area contributed by atoms with Crippen LogP contribution < -0.4 is 0 Å². The quantitative estimate of drug-likeness (QED) is 0.152. The van der Waals surface area contributed by atoms with Gasteiger partial charge in [-0.1, -0.05) is 104 Å². The molecule has 0 radical (unpaired) electrons. The maximum atomic E-state index is 3.63. The van der Waals surface area contributed by atoms with Crippen molar-refractivity contribution in [2.45, 2.75) is 19.6 Å². The van der Waals surface area contributed by atoms with Gasteiger partial charge in [-0.2, -0.15) is 0 Å². The molecule has 0 aliphatic heterocycles. The summed E-state index contributed by atoms with van der Waals surface area (Å²) in [5.41, 5.74) is 7.32. The van der Waals surface area contributed by atoms with E-state index in [9.17, 15) is 0 Å². The molecule has 0 N–H and O–H groups in total. The maximum absolute atomic E-state index is 3.63. The zero-order valence-electron chi connectivity index (χ0n) is 17.7. The largest absolute Gasteiger partial charge is 0.129 e. The fraction of sp³-hybridized carbons (Fsp3) is 0.103. The normalized spacial score (nSPS) is 11.6. The highest BCUT2D eigenvalue weighted by Gasteiger charge is 2.16. The SMILES string of the molecule is C[Si](C)(C)C#Cc1c2ccccc2c(-c2ccccc2)c2cc3ccccc3cc12.